The van der Waals surface area contributed by atoms with Crippen LogP contribution in [0.4, 0.5) is 5.69 Å². The lowest BCUT2D eigenvalue weighted by Crippen LogP contribution is -2.45. The fourth-order valence-electron chi connectivity index (χ4n) is 2.62. The maximum absolute atomic E-state index is 3.80. The van der Waals surface area contributed by atoms with E-state index in [1.807, 2.05) is 6.08 Å². The Morgan fingerprint density at radius 3 is 2.06 bits per heavy atom. The summed E-state index contributed by atoms with van der Waals surface area (Å²) < 4.78 is 1.11. The predicted molar refractivity (Wildman–Crippen MR) is 72.5 cm³/mol. The molecule has 0 unspecified atom stereocenters. The van der Waals surface area contributed by atoms with Crippen molar-refractivity contribution in [2.75, 3.05) is 20.1 Å². The van der Waals surface area contributed by atoms with Crippen LogP contribution in [0.25, 0.3) is 6.08 Å². The molecule has 0 amide bonds. The van der Waals surface area contributed by atoms with Crippen LogP contribution in [0.5, 0.6) is 0 Å². The molecule has 0 atom stereocenters. The van der Waals surface area contributed by atoms with Crippen molar-refractivity contribution in [3.05, 3.63) is 36.4 Å². The molecule has 1 aliphatic heterocycles. The molecule has 0 aliphatic carbocycles. The molecule has 16 heavy (non-hydrogen) atoms. The largest absolute Gasteiger partial charge is 0.294 e. The first-order chi connectivity index (χ1) is 7.74. The lowest BCUT2D eigenvalue weighted by Gasteiger charge is -2.32. The monoisotopic (exact) mass is 216 g/mol. The molecule has 1 aliphatic rings. The SMILES string of the molecule is C=Cc1ccc([N+]2(C)CCCCCC2)cc1. The molecular formula is C15H22N+. The van der Waals surface area contributed by atoms with Gasteiger partial charge in [0.05, 0.1) is 20.1 Å². The zero-order valence-electron chi connectivity index (χ0n) is 10.3. The van der Waals surface area contributed by atoms with Gasteiger partial charge in [0.15, 0.2) is 0 Å². The van der Waals surface area contributed by atoms with E-state index in [2.05, 4.69) is 37.9 Å². The second-order valence-electron chi connectivity index (χ2n) is 5.05. The van der Waals surface area contributed by atoms with Crippen molar-refractivity contribution in [1.82, 2.24) is 4.48 Å². The van der Waals surface area contributed by atoms with Crippen molar-refractivity contribution in [1.29, 1.82) is 0 Å². The Kier molecular flexibility index (Phi) is 3.45. The summed E-state index contributed by atoms with van der Waals surface area (Å²) in [4.78, 5) is 0. The molecule has 1 saturated heterocycles. The lowest BCUT2D eigenvalue weighted by atomic mass is 10.1. The lowest BCUT2D eigenvalue weighted by molar-refractivity contribution is 0.342. The van der Waals surface area contributed by atoms with E-state index in [-0.39, 0.29) is 0 Å². The number of rotatable bonds is 2. The van der Waals surface area contributed by atoms with Crippen molar-refractivity contribution >= 4 is 11.8 Å². The Bertz CT molecular complexity index is 342. The maximum Gasteiger partial charge on any atom is 0.132 e. The van der Waals surface area contributed by atoms with Gasteiger partial charge in [-0.1, -0.05) is 12.7 Å². The van der Waals surface area contributed by atoms with Crippen LogP contribution in [0, 0.1) is 0 Å². The van der Waals surface area contributed by atoms with Gasteiger partial charge in [-0.25, -0.2) is 0 Å². The van der Waals surface area contributed by atoms with Crippen LogP contribution in [0.2, 0.25) is 0 Å². The summed E-state index contributed by atoms with van der Waals surface area (Å²) in [6.45, 7) is 6.37. The summed E-state index contributed by atoms with van der Waals surface area (Å²) in [6, 6.07) is 8.89. The van der Waals surface area contributed by atoms with Gasteiger partial charge >= 0.3 is 0 Å². The average molecular weight is 216 g/mol. The third kappa shape index (κ3) is 2.35. The van der Waals surface area contributed by atoms with E-state index in [4.69, 9.17) is 0 Å². The van der Waals surface area contributed by atoms with Crippen molar-refractivity contribution in [3.63, 3.8) is 0 Å². The highest BCUT2D eigenvalue weighted by Gasteiger charge is 2.25. The first-order valence-electron chi connectivity index (χ1n) is 6.32. The van der Waals surface area contributed by atoms with E-state index in [1.165, 1.54) is 50.0 Å². The summed E-state index contributed by atoms with van der Waals surface area (Å²) in [5, 5.41) is 0. The third-order valence-corrected chi connectivity index (χ3v) is 3.81. The molecule has 1 aromatic rings. The topological polar surface area (TPSA) is 0 Å². The average Bonchev–Trinajstić information content (AvgIpc) is 2.55. The van der Waals surface area contributed by atoms with E-state index in [1.54, 1.807) is 0 Å². The third-order valence-electron chi connectivity index (χ3n) is 3.81. The first-order valence-corrected chi connectivity index (χ1v) is 6.32. The number of likely N-dealkylation sites (tertiary alicyclic amines) is 1. The second kappa shape index (κ2) is 4.84. The molecule has 0 spiro atoms. The van der Waals surface area contributed by atoms with Gasteiger partial charge in [-0.3, -0.25) is 4.48 Å². The van der Waals surface area contributed by atoms with Gasteiger partial charge < -0.3 is 0 Å². The highest BCUT2D eigenvalue weighted by atomic mass is 15.3. The molecule has 86 valence electrons. The normalized spacial score (nSPS) is 20.1. The molecule has 1 aromatic carbocycles. The number of hydrogen-bond acceptors (Lipinski definition) is 0. The minimum absolute atomic E-state index is 1.11. The minimum Gasteiger partial charge on any atom is -0.294 e. The smallest absolute Gasteiger partial charge is 0.132 e. The zero-order valence-corrected chi connectivity index (χ0v) is 10.3. The van der Waals surface area contributed by atoms with Crippen molar-refractivity contribution < 1.29 is 0 Å². The van der Waals surface area contributed by atoms with Crippen molar-refractivity contribution in [3.8, 4) is 0 Å². The summed E-state index contributed by atoms with van der Waals surface area (Å²) in [7, 11) is 2.37. The number of nitrogens with zero attached hydrogens (tertiary/aromatic N) is 1. The highest BCUT2D eigenvalue weighted by Crippen LogP contribution is 2.26. The first kappa shape index (κ1) is 11.4. The van der Waals surface area contributed by atoms with Crippen LogP contribution in [-0.4, -0.2) is 20.1 Å². The molecular weight excluding hydrogens is 194 g/mol. The van der Waals surface area contributed by atoms with Crippen LogP contribution >= 0.6 is 0 Å². The van der Waals surface area contributed by atoms with E-state index < -0.39 is 0 Å². The van der Waals surface area contributed by atoms with Crippen LogP contribution in [0.15, 0.2) is 30.8 Å². The molecule has 1 fully saturated rings. The van der Waals surface area contributed by atoms with Crippen molar-refractivity contribution in [2.24, 2.45) is 0 Å². The Balaban J connectivity index is 2.22. The molecule has 0 aromatic heterocycles. The Hall–Kier alpha value is -1.08. The summed E-state index contributed by atoms with van der Waals surface area (Å²) in [5.41, 5.74) is 2.66. The van der Waals surface area contributed by atoms with E-state index in [9.17, 15) is 0 Å². The Morgan fingerprint density at radius 1 is 1.00 bits per heavy atom. The van der Waals surface area contributed by atoms with E-state index in [0.717, 1.165) is 4.48 Å². The predicted octanol–water partition coefficient (Wildman–Crippen LogP) is 3.84. The Morgan fingerprint density at radius 2 is 1.56 bits per heavy atom. The van der Waals surface area contributed by atoms with Gasteiger partial charge in [-0.15, -0.1) is 0 Å². The summed E-state index contributed by atoms with van der Waals surface area (Å²) in [5.74, 6) is 0. The zero-order chi connectivity index (χ0) is 11.4. The minimum atomic E-state index is 1.11. The fourth-order valence-corrected chi connectivity index (χ4v) is 2.62. The molecule has 1 heterocycles. The molecule has 0 bridgehead atoms. The van der Waals surface area contributed by atoms with Crippen LogP contribution < -0.4 is 4.48 Å². The van der Waals surface area contributed by atoms with Gasteiger partial charge in [-0.2, -0.15) is 0 Å². The maximum atomic E-state index is 3.80. The second-order valence-corrected chi connectivity index (χ2v) is 5.05. The quantitative estimate of drug-likeness (QED) is 0.659. The molecule has 0 saturated carbocycles. The summed E-state index contributed by atoms with van der Waals surface area (Å²) >= 11 is 0. The van der Waals surface area contributed by atoms with Crippen LogP contribution in [0.1, 0.15) is 31.2 Å². The number of hydrogen-bond donors (Lipinski definition) is 0. The van der Waals surface area contributed by atoms with Gasteiger partial charge in [0.25, 0.3) is 0 Å². The van der Waals surface area contributed by atoms with Crippen LogP contribution in [-0.2, 0) is 0 Å². The molecule has 1 heteroatoms. The Labute approximate surface area is 99.0 Å². The van der Waals surface area contributed by atoms with Gasteiger partial charge in [0.1, 0.15) is 5.69 Å². The van der Waals surface area contributed by atoms with Gasteiger partial charge in [0, 0.05) is 0 Å². The van der Waals surface area contributed by atoms with Gasteiger partial charge in [-0.05, 0) is 55.5 Å². The van der Waals surface area contributed by atoms with E-state index in [0.29, 0.717) is 0 Å². The molecule has 0 N–H and O–H groups in total. The fraction of sp³-hybridized carbons (Fsp3) is 0.467. The molecule has 0 radical (unpaired) electrons. The summed E-state index contributed by atoms with van der Waals surface area (Å²) in [6.07, 6.45) is 7.43. The molecule has 2 rings (SSSR count). The van der Waals surface area contributed by atoms with E-state index >= 15 is 0 Å². The van der Waals surface area contributed by atoms with Gasteiger partial charge in [0.2, 0.25) is 0 Å². The van der Waals surface area contributed by atoms with Crippen molar-refractivity contribution in [2.45, 2.75) is 25.7 Å². The number of benzene rings is 1. The van der Waals surface area contributed by atoms with Crippen LogP contribution in [0.3, 0.4) is 0 Å². The highest BCUT2D eigenvalue weighted by molar-refractivity contribution is 5.53. The standard InChI is InChI=1S/C15H22N/c1-3-14-8-10-15(11-9-14)16(2)12-6-4-5-7-13-16/h3,8-11H,1,4-7,12-13H2,2H3/q+1. The molecule has 1 nitrogen and oxygen atoms in total. The number of quaternary nitrogens is 1.